The van der Waals surface area contributed by atoms with Gasteiger partial charge in [-0.05, 0) is 49.9 Å². The van der Waals surface area contributed by atoms with E-state index in [1.54, 1.807) is 40.5 Å². The minimum atomic E-state index is -0.815. The summed E-state index contributed by atoms with van der Waals surface area (Å²) in [7, 11) is 3.77. The van der Waals surface area contributed by atoms with Gasteiger partial charge in [-0.1, -0.05) is 37.0 Å². The molecule has 0 unspecified atom stereocenters. The molecule has 0 aliphatic carbocycles. The maximum Gasteiger partial charge on any atom is 0.312 e. The molecule has 8 rings (SSSR count). The standard InChI is InChI=1S/C16H19FN6O.C10H17N3O.C6H3ClFN3.C6H5ClN4.ClH/c1-10-5-8-23(13(24)3-6-18)9-12(10)22(2)15-11-4-7-19-14(11)20-16(17)21-15;1-8-4-6-13(7-9(8)12-2)10(14)3-5-11;2*7-4-3-1-2-9-5(3)11-6(8)10-4;/h4,7,10,12H,3,5,8-9H2,1-2H3,(H,19,20,21);8-9,12H,3-4,6-7H2,1-2H3;1-2H,(H,9,10,11);1-2H,(H3,8,9,10,11);1H/t10-,12+;8-,9+;;;/m11.../s1. The first-order valence-corrected chi connectivity index (χ1v) is 19.6. The van der Waals surface area contributed by atoms with Crippen molar-refractivity contribution in [2.45, 2.75) is 51.6 Å². The first-order valence-electron chi connectivity index (χ1n) is 18.9. The lowest BCUT2D eigenvalue weighted by Crippen LogP contribution is -2.52. The average molecular weight is 902 g/mol. The molecule has 6 N–H and O–H groups in total. The number of nitriles is 2. The molecule has 2 aliphatic heterocycles. The second-order valence-corrected chi connectivity index (χ2v) is 14.9. The molecule has 0 radical (unpaired) electrons. The summed E-state index contributed by atoms with van der Waals surface area (Å²) < 4.78 is 26.2. The Hall–Kier alpha value is -5.93. The van der Waals surface area contributed by atoms with Crippen LogP contribution in [-0.2, 0) is 9.59 Å². The highest BCUT2D eigenvalue weighted by Gasteiger charge is 2.33. The summed E-state index contributed by atoms with van der Waals surface area (Å²) in [5.41, 5.74) is 6.89. The molecule has 0 aromatic carbocycles. The Morgan fingerprint density at radius 2 is 1.28 bits per heavy atom. The van der Waals surface area contributed by atoms with Gasteiger partial charge in [0.05, 0.1) is 34.3 Å². The SMILES string of the molecule is CN[C@H]1CN(C(=O)CC#N)CC[C@H]1C.C[C@@H]1CCN(C(=O)CC#N)C[C@@H]1N(C)c1nc(F)nc2[nH]ccc12.Cl.Fc1nc(Cl)c2cc[nH]c2n1.Nc1nc(Cl)c2cc[nH]c2n1. The third kappa shape index (κ3) is 12.1. The fourth-order valence-corrected chi connectivity index (χ4v) is 7.39. The van der Waals surface area contributed by atoms with E-state index < -0.39 is 12.2 Å². The number of nitrogen functional groups attached to an aromatic ring is 1. The first-order chi connectivity index (χ1) is 28.7. The van der Waals surface area contributed by atoms with Crippen LogP contribution < -0.4 is 16.0 Å². The number of carbonyl (C=O) groups is 2. The van der Waals surface area contributed by atoms with Crippen LogP contribution in [0.25, 0.3) is 33.1 Å². The van der Waals surface area contributed by atoms with Gasteiger partial charge in [-0.15, -0.1) is 12.4 Å². The van der Waals surface area contributed by atoms with Gasteiger partial charge in [0.2, 0.25) is 17.8 Å². The Morgan fingerprint density at radius 1 is 0.803 bits per heavy atom. The van der Waals surface area contributed by atoms with Gasteiger partial charge >= 0.3 is 12.2 Å². The maximum atomic E-state index is 13.7. The van der Waals surface area contributed by atoms with E-state index in [2.05, 4.69) is 64.0 Å². The molecule has 23 heteroatoms. The monoisotopic (exact) mass is 900 g/mol. The third-order valence-corrected chi connectivity index (χ3v) is 10.9. The van der Waals surface area contributed by atoms with E-state index in [9.17, 15) is 18.4 Å². The van der Waals surface area contributed by atoms with Crippen LogP contribution >= 0.6 is 35.6 Å². The van der Waals surface area contributed by atoms with Crippen molar-refractivity contribution >= 4 is 92.3 Å². The number of H-pyrrole nitrogens is 3. The van der Waals surface area contributed by atoms with E-state index in [1.165, 1.54) is 0 Å². The lowest BCUT2D eigenvalue weighted by atomic mass is 9.92. The number of aromatic nitrogens is 9. The maximum absolute atomic E-state index is 13.7. The van der Waals surface area contributed by atoms with Crippen molar-refractivity contribution < 1.29 is 18.4 Å². The number of carbonyl (C=O) groups excluding carboxylic acids is 2. The molecule has 61 heavy (non-hydrogen) atoms. The van der Waals surface area contributed by atoms with E-state index >= 15 is 0 Å². The van der Waals surface area contributed by atoms with E-state index in [1.807, 2.05) is 37.2 Å². The molecule has 4 atom stereocenters. The number of halogens is 5. The molecule has 0 saturated carbocycles. The Labute approximate surface area is 365 Å². The summed E-state index contributed by atoms with van der Waals surface area (Å²) in [4.78, 5) is 59.6. The fourth-order valence-electron chi connectivity index (χ4n) is 6.93. The Balaban J connectivity index is 0.000000190. The zero-order valence-corrected chi connectivity index (χ0v) is 36.0. The lowest BCUT2D eigenvalue weighted by Gasteiger charge is -2.42. The number of nitrogens with one attached hydrogen (secondary N) is 4. The predicted molar refractivity (Wildman–Crippen MR) is 229 cm³/mol. The molecule has 0 spiro atoms. The minimum absolute atomic E-state index is 0. The van der Waals surface area contributed by atoms with E-state index in [0.717, 1.165) is 36.7 Å². The first kappa shape index (κ1) is 47.7. The van der Waals surface area contributed by atoms with Crippen LogP contribution in [0.1, 0.15) is 39.5 Å². The third-order valence-electron chi connectivity index (χ3n) is 10.3. The smallest absolute Gasteiger partial charge is 0.312 e. The summed E-state index contributed by atoms with van der Waals surface area (Å²) >= 11 is 11.3. The van der Waals surface area contributed by atoms with Crippen molar-refractivity contribution in [3.05, 3.63) is 59.3 Å². The van der Waals surface area contributed by atoms with Gasteiger partial charge in [0.15, 0.2) is 0 Å². The van der Waals surface area contributed by atoms with Crippen LogP contribution in [0.2, 0.25) is 10.3 Å². The quantitative estimate of drug-likeness (QED) is 0.107. The Kier molecular flexibility index (Phi) is 17.3. The topological polar surface area (TPSA) is 254 Å². The number of hydrogen-bond donors (Lipinski definition) is 5. The van der Waals surface area contributed by atoms with Crippen molar-refractivity contribution in [1.29, 1.82) is 10.5 Å². The van der Waals surface area contributed by atoms with Gasteiger partial charge in [0.25, 0.3) is 0 Å². The van der Waals surface area contributed by atoms with Crippen molar-refractivity contribution in [3.8, 4) is 12.1 Å². The van der Waals surface area contributed by atoms with Gasteiger partial charge in [-0.3, -0.25) is 9.59 Å². The molecular weight excluding hydrogens is 857 g/mol. The summed E-state index contributed by atoms with van der Waals surface area (Å²) in [5, 5.41) is 23.0. The van der Waals surface area contributed by atoms with E-state index in [-0.39, 0.29) is 54.2 Å². The van der Waals surface area contributed by atoms with Crippen LogP contribution in [0.4, 0.5) is 20.5 Å². The second kappa shape index (κ2) is 22.1. The molecule has 2 fully saturated rings. The van der Waals surface area contributed by atoms with Crippen molar-refractivity contribution in [2.75, 3.05) is 50.9 Å². The number of amides is 2. The minimum Gasteiger partial charge on any atom is -0.368 e. The number of nitrogens with zero attached hydrogens (tertiary/aromatic N) is 11. The predicted octanol–water partition coefficient (Wildman–Crippen LogP) is 5.41. The average Bonchev–Trinajstić information content (AvgIpc) is 4.01. The summed E-state index contributed by atoms with van der Waals surface area (Å²) in [6.45, 7) is 6.96. The molecular formula is C38H45Cl3F2N16O2. The van der Waals surface area contributed by atoms with Crippen LogP contribution in [0.15, 0.2) is 36.8 Å². The highest BCUT2D eigenvalue weighted by atomic mass is 35.5. The number of likely N-dealkylation sites (N-methyl/N-ethyl adjacent to an activating group) is 2. The van der Waals surface area contributed by atoms with E-state index in [4.69, 9.17) is 39.5 Å². The Morgan fingerprint density at radius 3 is 1.84 bits per heavy atom. The fraction of sp³-hybridized carbons (Fsp3) is 0.421. The Bertz CT molecular complexity index is 2420. The number of piperidine rings is 2. The van der Waals surface area contributed by atoms with Crippen molar-refractivity contribution in [3.63, 3.8) is 0 Å². The molecule has 8 heterocycles. The van der Waals surface area contributed by atoms with Crippen LogP contribution in [0.3, 0.4) is 0 Å². The molecule has 2 saturated heterocycles. The molecule has 18 nitrogen and oxygen atoms in total. The number of hydrogen-bond acceptors (Lipinski definition) is 13. The number of rotatable bonds is 5. The summed E-state index contributed by atoms with van der Waals surface area (Å²) in [6.07, 6.45) is 5.20. The van der Waals surface area contributed by atoms with Crippen LogP contribution in [0.5, 0.6) is 0 Å². The summed E-state index contributed by atoms with van der Waals surface area (Å²) in [6, 6.07) is 9.47. The van der Waals surface area contributed by atoms with Crippen LogP contribution in [0, 0.1) is 46.7 Å². The molecule has 0 bridgehead atoms. The van der Waals surface area contributed by atoms with Gasteiger partial charge in [0.1, 0.15) is 45.9 Å². The van der Waals surface area contributed by atoms with Crippen molar-refractivity contribution in [2.24, 2.45) is 11.8 Å². The number of nitrogens with two attached hydrogens (primary N) is 1. The number of anilines is 2. The molecule has 2 aliphatic rings. The van der Waals surface area contributed by atoms with Crippen LogP contribution in [-0.4, -0.2) is 119 Å². The molecule has 2 amide bonds. The lowest BCUT2D eigenvalue weighted by molar-refractivity contribution is -0.132. The van der Waals surface area contributed by atoms with E-state index in [0.29, 0.717) is 64.3 Å². The van der Waals surface area contributed by atoms with Gasteiger partial charge in [-0.25, -0.2) is 4.98 Å². The largest absolute Gasteiger partial charge is 0.368 e. The molecule has 6 aromatic heterocycles. The highest BCUT2D eigenvalue weighted by Crippen LogP contribution is 2.29. The number of aromatic amines is 3. The molecule has 324 valence electrons. The van der Waals surface area contributed by atoms with Crippen molar-refractivity contribution in [1.82, 2.24) is 60.0 Å². The van der Waals surface area contributed by atoms with Gasteiger partial charge < -0.3 is 40.7 Å². The zero-order valence-electron chi connectivity index (χ0n) is 33.7. The van der Waals surface area contributed by atoms with Gasteiger partial charge in [-0.2, -0.15) is 44.2 Å². The number of likely N-dealkylation sites (tertiary alicyclic amines) is 2. The normalized spacial score (nSPS) is 18.3. The van der Waals surface area contributed by atoms with Gasteiger partial charge in [0, 0.05) is 57.9 Å². The highest BCUT2D eigenvalue weighted by molar-refractivity contribution is 6.34. The number of fused-ring (bicyclic) bond motifs is 3. The summed E-state index contributed by atoms with van der Waals surface area (Å²) in [5.74, 6) is 1.40. The zero-order chi connectivity index (χ0) is 43.5. The second-order valence-electron chi connectivity index (χ2n) is 14.1. The molecule has 6 aromatic rings.